The summed E-state index contributed by atoms with van der Waals surface area (Å²) >= 11 is 0. The Kier molecular flexibility index (Phi) is 5.74. The van der Waals surface area contributed by atoms with E-state index < -0.39 is 0 Å². The lowest BCUT2D eigenvalue weighted by atomic mass is 9.95. The van der Waals surface area contributed by atoms with Crippen molar-refractivity contribution in [3.8, 4) is 0 Å². The molecule has 2 fully saturated rings. The number of nitrogens with zero attached hydrogens (tertiary/aromatic N) is 1. The zero-order valence-electron chi connectivity index (χ0n) is 10.9. The molecule has 0 bridgehead atoms. The minimum atomic E-state index is 0. The van der Waals surface area contributed by atoms with Crippen molar-refractivity contribution >= 4 is 18.3 Å². The number of hydrogen-bond acceptors (Lipinski definition) is 2. The summed E-state index contributed by atoms with van der Waals surface area (Å²) in [4.78, 5) is 14.4. The highest BCUT2D eigenvalue weighted by Crippen LogP contribution is 2.25. The molecule has 0 radical (unpaired) electrons. The van der Waals surface area contributed by atoms with Crippen LogP contribution in [0.4, 0.5) is 0 Å². The average Bonchev–Trinajstić information content (AvgIpc) is 2.78. The number of piperidine rings is 1. The van der Waals surface area contributed by atoms with Gasteiger partial charge in [-0.05, 0) is 37.6 Å². The van der Waals surface area contributed by atoms with Crippen molar-refractivity contribution in [2.45, 2.75) is 33.1 Å². The molecule has 3 nitrogen and oxygen atoms in total. The van der Waals surface area contributed by atoms with E-state index >= 15 is 0 Å². The second-order valence-electron chi connectivity index (χ2n) is 5.62. The van der Waals surface area contributed by atoms with E-state index in [2.05, 4.69) is 24.1 Å². The van der Waals surface area contributed by atoms with E-state index in [1.807, 2.05) is 0 Å². The summed E-state index contributed by atoms with van der Waals surface area (Å²) in [6.07, 6.45) is 3.43. The Hall–Kier alpha value is -0.280. The fourth-order valence-corrected chi connectivity index (χ4v) is 2.85. The molecule has 1 unspecified atom stereocenters. The van der Waals surface area contributed by atoms with Crippen LogP contribution in [0.15, 0.2) is 0 Å². The monoisotopic (exact) mass is 260 g/mol. The fraction of sp³-hybridized carbons (Fsp3) is 0.923. The summed E-state index contributed by atoms with van der Waals surface area (Å²) in [5, 5.41) is 3.33. The van der Waals surface area contributed by atoms with Crippen LogP contribution >= 0.6 is 12.4 Å². The first-order chi connectivity index (χ1) is 7.68. The third-order valence-electron chi connectivity index (χ3n) is 4.13. The van der Waals surface area contributed by atoms with Gasteiger partial charge in [0.1, 0.15) is 0 Å². The van der Waals surface area contributed by atoms with Gasteiger partial charge >= 0.3 is 0 Å². The molecule has 2 saturated heterocycles. The zero-order valence-corrected chi connectivity index (χ0v) is 11.8. The Labute approximate surface area is 111 Å². The summed E-state index contributed by atoms with van der Waals surface area (Å²) < 4.78 is 0. The van der Waals surface area contributed by atoms with Gasteiger partial charge < -0.3 is 10.2 Å². The largest absolute Gasteiger partial charge is 0.342 e. The van der Waals surface area contributed by atoms with Gasteiger partial charge in [-0.3, -0.25) is 4.79 Å². The SMILES string of the molecule is CC(C)C1CCN(C(=O)[C@@H]2CCCNC2)C1.Cl. The minimum absolute atomic E-state index is 0. The van der Waals surface area contributed by atoms with Crippen molar-refractivity contribution in [2.24, 2.45) is 17.8 Å². The topological polar surface area (TPSA) is 32.3 Å². The lowest BCUT2D eigenvalue weighted by Gasteiger charge is -2.27. The van der Waals surface area contributed by atoms with Crippen LogP contribution < -0.4 is 5.32 Å². The van der Waals surface area contributed by atoms with Crippen LogP contribution in [0.2, 0.25) is 0 Å². The van der Waals surface area contributed by atoms with E-state index in [4.69, 9.17) is 0 Å². The highest BCUT2D eigenvalue weighted by Gasteiger charge is 2.32. The molecule has 100 valence electrons. The molecule has 1 amide bonds. The Bertz CT molecular complexity index is 252. The lowest BCUT2D eigenvalue weighted by molar-refractivity contribution is -0.135. The smallest absolute Gasteiger partial charge is 0.226 e. The average molecular weight is 261 g/mol. The predicted molar refractivity (Wildman–Crippen MR) is 72.4 cm³/mol. The second-order valence-corrected chi connectivity index (χ2v) is 5.62. The first-order valence-corrected chi connectivity index (χ1v) is 6.68. The summed E-state index contributed by atoms with van der Waals surface area (Å²) in [7, 11) is 0. The van der Waals surface area contributed by atoms with Crippen LogP contribution in [0.5, 0.6) is 0 Å². The summed E-state index contributed by atoms with van der Waals surface area (Å²) in [5.41, 5.74) is 0. The molecule has 1 N–H and O–H groups in total. The van der Waals surface area contributed by atoms with Crippen molar-refractivity contribution in [3.63, 3.8) is 0 Å². The molecule has 0 aliphatic carbocycles. The molecule has 0 spiro atoms. The highest BCUT2D eigenvalue weighted by molar-refractivity contribution is 5.85. The molecular weight excluding hydrogens is 236 g/mol. The van der Waals surface area contributed by atoms with E-state index in [1.165, 1.54) is 6.42 Å². The number of hydrogen-bond donors (Lipinski definition) is 1. The maximum Gasteiger partial charge on any atom is 0.226 e. The molecule has 0 aromatic rings. The molecule has 0 aromatic heterocycles. The number of carbonyl (C=O) groups is 1. The number of likely N-dealkylation sites (tertiary alicyclic amines) is 1. The molecule has 0 aromatic carbocycles. The number of nitrogens with one attached hydrogen (secondary N) is 1. The van der Waals surface area contributed by atoms with Gasteiger partial charge in [-0.2, -0.15) is 0 Å². The Balaban J connectivity index is 0.00000144. The molecule has 0 saturated carbocycles. The standard InChI is InChI=1S/C13H24N2O.ClH/c1-10(2)12-5-7-15(9-12)13(16)11-4-3-6-14-8-11;/h10-12,14H,3-9H2,1-2H3;1H/t11-,12?;/m1./s1. The van der Waals surface area contributed by atoms with Crippen LogP contribution in [0.1, 0.15) is 33.1 Å². The quantitative estimate of drug-likeness (QED) is 0.823. The van der Waals surface area contributed by atoms with E-state index in [0.717, 1.165) is 44.9 Å². The molecule has 4 heteroatoms. The molecule has 2 rings (SSSR count). The van der Waals surface area contributed by atoms with Gasteiger partial charge in [0.25, 0.3) is 0 Å². The van der Waals surface area contributed by atoms with Crippen LogP contribution in [-0.2, 0) is 4.79 Å². The van der Waals surface area contributed by atoms with Gasteiger partial charge in [0, 0.05) is 19.6 Å². The number of rotatable bonds is 2. The number of carbonyl (C=O) groups excluding carboxylic acids is 1. The highest BCUT2D eigenvalue weighted by atomic mass is 35.5. The maximum atomic E-state index is 12.3. The van der Waals surface area contributed by atoms with Gasteiger partial charge in [-0.25, -0.2) is 0 Å². The van der Waals surface area contributed by atoms with Crippen molar-refractivity contribution in [1.82, 2.24) is 10.2 Å². The lowest BCUT2D eigenvalue weighted by Crippen LogP contribution is -2.42. The predicted octanol–water partition coefficient (Wildman–Crippen LogP) is 1.91. The first kappa shape index (κ1) is 14.8. The van der Waals surface area contributed by atoms with E-state index in [1.54, 1.807) is 0 Å². The van der Waals surface area contributed by atoms with Crippen LogP contribution in [0.3, 0.4) is 0 Å². The molecule has 2 aliphatic heterocycles. The normalized spacial score (nSPS) is 29.2. The molecule has 2 atom stereocenters. The van der Waals surface area contributed by atoms with Crippen molar-refractivity contribution < 1.29 is 4.79 Å². The van der Waals surface area contributed by atoms with Gasteiger partial charge in [-0.15, -0.1) is 12.4 Å². The fourth-order valence-electron chi connectivity index (χ4n) is 2.85. The summed E-state index contributed by atoms with van der Waals surface area (Å²) in [6.45, 7) is 8.48. The van der Waals surface area contributed by atoms with E-state index in [9.17, 15) is 4.79 Å². The molecule has 2 heterocycles. The number of halogens is 1. The summed E-state index contributed by atoms with van der Waals surface area (Å²) in [6, 6.07) is 0. The molecule has 2 aliphatic rings. The van der Waals surface area contributed by atoms with Crippen molar-refractivity contribution in [1.29, 1.82) is 0 Å². The first-order valence-electron chi connectivity index (χ1n) is 6.68. The molecular formula is C13H25ClN2O. The van der Waals surface area contributed by atoms with Crippen molar-refractivity contribution in [3.05, 3.63) is 0 Å². The van der Waals surface area contributed by atoms with Crippen LogP contribution in [-0.4, -0.2) is 37.0 Å². The second kappa shape index (κ2) is 6.60. The van der Waals surface area contributed by atoms with Gasteiger partial charge in [0.2, 0.25) is 5.91 Å². The van der Waals surface area contributed by atoms with Crippen LogP contribution in [0.25, 0.3) is 0 Å². The van der Waals surface area contributed by atoms with Gasteiger partial charge in [-0.1, -0.05) is 13.8 Å². The Morgan fingerprint density at radius 3 is 2.65 bits per heavy atom. The summed E-state index contributed by atoms with van der Waals surface area (Å²) in [5.74, 6) is 2.08. The van der Waals surface area contributed by atoms with E-state index in [-0.39, 0.29) is 18.3 Å². The van der Waals surface area contributed by atoms with Crippen molar-refractivity contribution in [2.75, 3.05) is 26.2 Å². The Morgan fingerprint density at radius 1 is 1.35 bits per heavy atom. The van der Waals surface area contributed by atoms with Crippen LogP contribution in [0, 0.1) is 17.8 Å². The third-order valence-corrected chi connectivity index (χ3v) is 4.13. The minimum Gasteiger partial charge on any atom is -0.342 e. The van der Waals surface area contributed by atoms with E-state index in [0.29, 0.717) is 11.8 Å². The van der Waals surface area contributed by atoms with Gasteiger partial charge in [0.05, 0.1) is 5.92 Å². The third kappa shape index (κ3) is 3.59. The maximum absolute atomic E-state index is 12.3. The molecule has 17 heavy (non-hydrogen) atoms. The number of amides is 1. The Morgan fingerprint density at radius 2 is 2.12 bits per heavy atom. The van der Waals surface area contributed by atoms with Gasteiger partial charge in [0.15, 0.2) is 0 Å². The zero-order chi connectivity index (χ0) is 11.5.